The molecule has 6 nitrogen and oxygen atoms in total. The van der Waals surface area contributed by atoms with Crippen molar-refractivity contribution in [3.63, 3.8) is 0 Å². The molecule has 1 fully saturated rings. The smallest absolute Gasteiger partial charge is 0.408 e. The van der Waals surface area contributed by atoms with E-state index in [2.05, 4.69) is 5.32 Å². The van der Waals surface area contributed by atoms with Gasteiger partial charge < -0.3 is 15.8 Å². The number of hydrogen-bond acceptors (Lipinski definition) is 5. The molecule has 1 saturated carbocycles. The van der Waals surface area contributed by atoms with E-state index in [4.69, 9.17) is 22.1 Å². The number of carbonyl (C=O) groups excluding carboxylic acids is 1. The van der Waals surface area contributed by atoms with Crippen molar-refractivity contribution in [1.29, 1.82) is 0 Å². The van der Waals surface area contributed by atoms with Crippen molar-refractivity contribution < 1.29 is 17.9 Å². The van der Waals surface area contributed by atoms with E-state index in [1.54, 1.807) is 63.2 Å². The van der Waals surface area contributed by atoms with E-state index in [1.165, 1.54) is 12.1 Å². The quantitative estimate of drug-likeness (QED) is 0.747. The second-order valence-corrected chi connectivity index (χ2v) is 10.7. The molecule has 0 spiro atoms. The second-order valence-electron chi connectivity index (χ2n) is 8.18. The molecular formula is C21H25ClN2O4S. The third kappa shape index (κ3) is 4.27. The normalized spacial score (nSPS) is 24.0. The molecule has 156 valence electrons. The summed E-state index contributed by atoms with van der Waals surface area (Å²) in [4.78, 5) is 12.7. The summed E-state index contributed by atoms with van der Waals surface area (Å²) in [5.41, 5.74) is 4.82. The zero-order valence-electron chi connectivity index (χ0n) is 16.6. The highest BCUT2D eigenvalue weighted by molar-refractivity contribution is 7.92. The fraction of sp³-hybridized carbons (Fsp3) is 0.381. The van der Waals surface area contributed by atoms with Crippen molar-refractivity contribution in [3.05, 3.63) is 65.2 Å². The average Bonchev–Trinajstić information content (AvgIpc) is 3.30. The molecule has 0 saturated heterocycles. The number of alkyl carbamates (subject to hydrolysis) is 1. The van der Waals surface area contributed by atoms with Crippen LogP contribution in [0.3, 0.4) is 0 Å². The van der Waals surface area contributed by atoms with Crippen molar-refractivity contribution in [2.24, 2.45) is 5.73 Å². The van der Waals surface area contributed by atoms with Gasteiger partial charge in [-0.1, -0.05) is 41.9 Å². The van der Waals surface area contributed by atoms with Gasteiger partial charge in [0, 0.05) is 17.5 Å². The third-order valence-electron chi connectivity index (χ3n) is 4.94. The third-order valence-corrected chi connectivity index (χ3v) is 7.47. The molecule has 1 aliphatic carbocycles. The number of carbonyl (C=O) groups is 1. The first-order valence-electron chi connectivity index (χ1n) is 9.27. The SMILES string of the molecule is CC(C)(C)OC(=O)N[C@]1(CN)[C@H](c2cccc(Cl)c2)[C@H]1S(=O)(=O)c1ccccc1. The van der Waals surface area contributed by atoms with Gasteiger partial charge in [0.05, 0.1) is 10.4 Å². The Morgan fingerprint density at radius 1 is 1.17 bits per heavy atom. The van der Waals surface area contributed by atoms with E-state index in [-0.39, 0.29) is 11.4 Å². The van der Waals surface area contributed by atoms with E-state index in [1.807, 2.05) is 0 Å². The Kier molecular flexibility index (Phi) is 5.69. The summed E-state index contributed by atoms with van der Waals surface area (Å²) >= 11 is 6.13. The summed E-state index contributed by atoms with van der Waals surface area (Å²) < 4.78 is 32.2. The molecule has 0 bridgehead atoms. The second kappa shape index (κ2) is 7.63. The molecule has 8 heteroatoms. The van der Waals surface area contributed by atoms with Crippen molar-refractivity contribution in [1.82, 2.24) is 5.32 Å². The number of halogens is 1. The highest BCUT2D eigenvalue weighted by Crippen LogP contribution is 2.57. The lowest BCUT2D eigenvalue weighted by Crippen LogP contribution is -2.49. The van der Waals surface area contributed by atoms with Crippen LogP contribution in [0, 0.1) is 0 Å². The largest absolute Gasteiger partial charge is 0.444 e. The summed E-state index contributed by atoms with van der Waals surface area (Å²) in [5, 5.41) is 2.30. The summed E-state index contributed by atoms with van der Waals surface area (Å²) in [6.07, 6.45) is -0.708. The van der Waals surface area contributed by atoms with E-state index in [0.717, 1.165) is 0 Å². The van der Waals surface area contributed by atoms with Crippen molar-refractivity contribution in [2.75, 3.05) is 6.54 Å². The van der Waals surface area contributed by atoms with Crippen LogP contribution >= 0.6 is 11.6 Å². The van der Waals surface area contributed by atoms with Crippen LogP contribution in [0.4, 0.5) is 4.79 Å². The molecule has 3 rings (SSSR count). The molecule has 0 heterocycles. The molecule has 0 unspecified atom stereocenters. The first-order valence-corrected chi connectivity index (χ1v) is 11.2. The molecule has 2 aromatic carbocycles. The molecule has 0 radical (unpaired) electrons. The lowest BCUT2D eigenvalue weighted by atomic mass is 10.1. The number of ether oxygens (including phenoxy) is 1. The van der Waals surface area contributed by atoms with Crippen LogP contribution in [0.2, 0.25) is 5.02 Å². The van der Waals surface area contributed by atoms with Crippen molar-refractivity contribution in [3.8, 4) is 0 Å². The molecule has 29 heavy (non-hydrogen) atoms. The number of nitrogens with one attached hydrogen (secondary N) is 1. The molecule has 3 N–H and O–H groups in total. The zero-order valence-corrected chi connectivity index (χ0v) is 18.1. The minimum atomic E-state index is -3.78. The lowest BCUT2D eigenvalue weighted by Gasteiger charge is -2.24. The maximum absolute atomic E-state index is 13.4. The molecule has 2 aromatic rings. The zero-order chi connectivity index (χ0) is 21.4. The van der Waals surface area contributed by atoms with Crippen LogP contribution in [0.15, 0.2) is 59.5 Å². The lowest BCUT2D eigenvalue weighted by molar-refractivity contribution is 0.0497. The number of rotatable bonds is 5. The van der Waals surface area contributed by atoms with Gasteiger partial charge in [0.25, 0.3) is 0 Å². The van der Waals surface area contributed by atoms with Gasteiger partial charge in [-0.15, -0.1) is 0 Å². The standard InChI is InChI=1S/C21H25ClN2O4S/c1-20(2,3)28-19(25)24-21(13-23)17(14-8-7-9-15(22)12-14)18(21)29(26,27)16-10-5-4-6-11-16/h4-12,17-18H,13,23H2,1-3H3,(H,24,25)/t17-,18-,21-/m1/s1. The van der Waals surface area contributed by atoms with Gasteiger partial charge in [0.1, 0.15) is 10.9 Å². The van der Waals surface area contributed by atoms with Gasteiger partial charge >= 0.3 is 6.09 Å². The Bertz CT molecular complexity index is 1000. The van der Waals surface area contributed by atoms with Gasteiger partial charge in [-0.05, 0) is 50.6 Å². The fourth-order valence-electron chi connectivity index (χ4n) is 3.73. The van der Waals surface area contributed by atoms with E-state index >= 15 is 0 Å². The first kappa shape index (κ1) is 21.6. The fourth-order valence-corrected chi connectivity index (χ4v) is 6.29. The molecule has 1 aliphatic rings. The van der Waals surface area contributed by atoms with Gasteiger partial charge in [-0.2, -0.15) is 0 Å². The van der Waals surface area contributed by atoms with Crippen LogP contribution < -0.4 is 11.1 Å². The van der Waals surface area contributed by atoms with Crippen LogP contribution in [-0.2, 0) is 14.6 Å². The highest BCUT2D eigenvalue weighted by Gasteiger charge is 2.71. The van der Waals surface area contributed by atoms with Gasteiger partial charge in [0.15, 0.2) is 9.84 Å². The summed E-state index contributed by atoms with van der Waals surface area (Å²) in [7, 11) is -3.78. The number of hydrogen-bond donors (Lipinski definition) is 2. The molecular weight excluding hydrogens is 412 g/mol. The van der Waals surface area contributed by atoms with Crippen LogP contribution in [-0.4, -0.2) is 37.4 Å². The van der Waals surface area contributed by atoms with Crippen LogP contribution in [0.25, 0.3) is 0 Å². The van der Waals surface area contributed by atoms with Gasteiger partial charge in [-0.3, -0.25) is 0 Å². The Balaban J connectivity index is 2.04. The number of amides is 1. The Labute approximate surface area is 176 Å². The van der Waals surface area contributed by atoms with Gasteiger partial charge in [-0.25, -0.2) is 13.2 Å². The van der Waals surface area contributed by atoms with Gasteiger partial charge in [0.2, 0.25) is 0 Å². The van der Waals surface area contributed by atoms with Crippen LogP contribution in [0.5, 0.6) is 0 Å². The average molecular weight is 437 g/mol. The number of nitrogens with two attached hydrogens (primary N) is 1. The Morgan fingerprint density at radius 3 is 2.38 bits per heavy atom. The summed E-state index contributed by atoms with van der Waals surface area (Å²) in [6, 6.07) is 15.1. The van der Waals surface area contributed by atoms with Crippen molar-refractivity contribution >= 4 is 27.5 Å². The minimum Gasteiger partial charge on any atom is -0.444 e. The molecule has 0 aromatic heterocycles. The minimum absolute atomic E-state index is 0.0693. The van der Waals surface area contributed by atoms with E-state index in [9.17, 15) is 13.2 Å². The highest BCUT2D eigenvalue weighted by atomic mass is 35.5. The Morgan fingerprint density at radius 2 is 1.83 bits per heavy atom. The van der Waals surface area contributed by atoms with E-state index < -0.39 is 38.2 Å². The molecule has 0 aliphatic heterocycles. The maximum Gasteiger partial charge on any atom is 0.408 e. The maximum atomic E-state index is 13.4. The van der Waals surface area contributed by atoms with Crippen LogP contribution in [0.1, 0.15) is 32.3 Å². The summed E-state index contributed by atoms with van der Waals surface area (Å²) in [5.74, 6) is -0.552. The number of benzene rings is 2. The first-order chi connectivity index (χ1) is 13.5. The van der Waals surface area contributed by atoms with E-state index in [0.29, 0.717) is 10.6 Å². The topological polar surface area (TPSA) is 98.5 Å². The predicted octanol–water partition coefficient (Wildman–Crippen LogP) is 3.50. The molecule has 1 amide bonds. The Hall–Kier alpha value is -2.09. The predicted molar refractivity (Wildman–Crippen MR) is 113 cm³/mol. The number of sulfone groups is 1. The molecule has 3 atom stereocenters. The van der Waals surface area contributed by atoms with Crippen molar-refractivity contribution in [2.45, 2.75) is 48.0 Å². The summed E-state index contributed by atoms with van der Waals surface area (Å²) in [6.45, 7) is 5.14. The monoisotopic (exact) mass is 436 g/mol.